The molecule has 0 aromatic rings. The number of Topliss-reactive ketones (excluding diaryl/α,β-unsaturated/α-hetero) is 1. The molecule has 0 bridgehead atoms. The number of nitrogens with two attached hydrogens (primary N) is 1. The lowest BCUT2D eigenvalue weighted by molar-refractivity contribution is -0.173. The Labute approximate surface area is 157 Å². The zero-order valence-electron chi connectivity index (χ0n) is 16.4. The number of carbonyl (C=O) groups excluding carboxylic acids is 1. The second kappa shape index (κ2) is 4.76. The number of hydrogen-bond acceptors (Lipinski definition) is 3. The highest BCUT2D eigenvalue weighted by molar-refractivity contribution is 5.79. The van der Waals surface area contributed by atoms with E-state index in [1.807, 2.05) is 0 Å². The van der Waals surface area contributed by atoms with Crippen LogP contribution in [0.1, 0.15) is 65.2 Å². The molecule has 0 aliphatic heterocycles. The molecule has 0 spiro atoms. The summed E-state index contributed by atoms with van der Waals surface area (Å²) < 4.78 is 0. The molecule has 0 heterocycles. The van der Waals surface area contributed by atoms with Crippen LogP contribution in [-0.2, 0) is 4.79 Å². The van der Waals surface area contributed by atoms with E-state index in [9.17, 15) is 9.90 Å². The summed E-state index contributed by atoms with van der Waals surface area (Å²) in [6.45, 7) is 5.58. The van der Waals surface area contributed by atoms with Gasteiger partial charge >= 0.3 is 0 Å². The molecule has 11 atom stereocenters. The number of hydrogen-bond donors (Lipinski definition) is 2. The van der Waals surface area contributed by atoms with E-state index in [0.717, 1.165) is 55.3 Å². The number of carbonyl (C=O) groups is 1. The average Bonchev–Trinajstić information content (AvgIpc) is 3.49. The van der Waals surface area contributed by atoms with Crippen LogP contribution < -0.4 is 5.73 Å². The van der Waals surface area contributed by atoms with Crippen molar-refractivity contribution in [3.8, 4) is 0 Å². The van der Waals surface area contributed by atoms with Crippen molar-refractivity contribution in [1.82, 2.24) is 0 Å². The van der Waals surface area contributed by atoms with Crippen LogP contribution in [0, 0.1) is 58.2 Å². The van der Waals surface area contributed by atoms with Crippen LogP contribution in [0.2, 0.25) is 0 Å². The predicted molar refractivity (Wildman–Crippen MR) is 100 cm³/mol. The summed E-state index contributed by atoms with van der Waals surface area (Å²) in [5.74, 6) is 6.47. The molecular formula is C23H35NO2. The molecule has 6 rings (SSSR count). The average molecular weight is 358 g/mol. The van der Waals surface area contributed by atoms with Gasteiger partial charge in [0.05, 0.1) is 5.60 Å². The zero-order valence-corrected chi connectivity index (χ0v) is 16.4. The minimum atomic E-state index is -0.507. The third-order valence-electron chi connectivity index (χ3n) is 11.0. The number of ketones is 1. The van der Waals surface area contributed by atoms with Crippen molar-refractivity contribution in [3.63, 3.8) is 0 Å². The van der Waals surface area contributed by atoms with E-state index < -0.39 is 5.60 Å². The van der Waals surface area contributed by atoms with Gasteiger partial charge in [0.2, 0.25) is 0 Å². The molecule has 144 valence electrons. The second-order valence-corrected chi connectivity index (χ2v) is 11.6. The van der Waals surface area contributed by atoms with Gasteiger partial charge in [-0.2, -0.15) is 0 Å². The molecule has 0 radical (unpaired) electrons. The highest BCUT2D eigenvalue weighted by Crippen LogP contribution is 2.81. The molecule has 3 N–H and O–H groups in total. The normalized spacial score (nSPS) is 64.7. The predicted octanol–water partition coefficient (Wildman–Crippen LogP) is 3.39. The van der Waals surface area contributed by atoms with Gasteiger partial charge in [-0.3, -0.25) is 4.79 Å². The first-order valence-corrected chi connectivity index (χ1v) is 11.3. The van der Waals surface area contributed by atoms with E-state index in [1.165, 1.54) is 25.7 Å². The second-order valence-electron chi connectivity index (χ2n) is 11.6. The number of rotatable bonds is 2. The van der Waals surface area contributed by atoms with Crippen molar-refractivity contribution >= 4 is 5.78 Å². The van der Waals surface area contributed by atoms with Crippen molar-refractivity contribution in [2.24, 2.45) is 63.9 Å². The molecule has 26 heavy (non-hydrogen) atoms. The molecule has 3 heteroatoms. The molecule has 6 saturated carbocycles. The van der Waals surface area contributed by atoms with Gasteiger partial charge in [0.15, 0.2) is 0 Å². The van der Waals surface area contributed by atoms with Crippen LogP contribution in [0.5, 0.6) is 0 Å². The van der Waals surface area contributed by atoms with Crippen molar-refractivity contribution in [2.75, 3.05) is 6.54 Å². The monoisotopic (exact) mass is 357 g/mol. The summed E-state index contributed by atoms with van der Waals surface area (Å²) in [4.78, 5) is 12.2. The van der Waals surface area contributed by atoms with Crippen LogP contribution in [0.25, 0.3) is 0 Å². The van der Waals surface area contributed by atoms with Gasteiger partial charge < -0.3 is 10.8 Å². The minimum absolute atomic E-state index is 0.0853. The lowest BCUT2D eigenvalue weighted by atomic mass is 9.43. The Kier molecular flexibility index (Phi) is 3.03. The Balaban J connectivity index is 1.40. The van der Waals surface area contributed by atoms with Crippen molar-refractivity contribution in [3.05, 3.63) is 0 Å². The van der Waals surface area contributed by atoms with E-state index in [0.29, 0.717) is 35.5 Å². The summed E-state index contributed by atoms with van der Waals surface area (Å²) in [5, 5.41) is 11.8. The number of aliphatic hydroxyl groups is 1. The molecule has 3 nitrogen and oxygen atoms in total. The molecule has 6 aliphatic rings. The highest BCUT2D eigenvalue weighted by atomic mass is 16.3. The van der Waals surface area contributed by atoms with Crippen LogP contribution >= 0.6 is 0 Å². The first kappa shape index (κ1) is 16.5. The topological polar surface area (TPSA) is 63.3 Å². The maximum absolute atomic E-state index is 12.2. The summed E-state index contributed by atoms with van der Waals surface area (Å²) in [6.07, 6.45) is 8.67. The first-order valence-electron chi connectivity index (χ1n) is 11.3. The Morgan fingerprint density at radius 2 is 1.88 bits per heavy atom. The maximum Gasteiger partial charge on any atom is 0.133 e. The Bertz CT molecular complexity index is 677. The molecule has 0 saturated heterocycles. The quantitative estimate of drug-likeness (QED) is 0.796. The molecule has 6 aliphatic carbocycles. The van der Waals surface area contributed by atoms with Gasteiger partial charge in [0, 0.05) is 18.3 Å². The fourth-order valence-electron chi connectivity index (χ4n) is 9.78. The highest BCUT2D eigenvalue weighted by Gasteiger charge is 2.78. The SMILES string of the molecule is C[C@]12CCC(=O)CC1C1CC1C1C2CC[C@@]2(C)C1C1CC1[C@@]2(O)CCN. The Morgan fingerprint density at radius 3 is 2.65 bits per heavy atom. The summed E-state index contributed by atoms with van der Waals surface area (Å²) >= 11 is 0. The van der Waals surface area contributed by atoms with Crippen molar-refractivity contribution in [1.29, 1.82) is 0 Å². The van der Waals surface area contributed by atoms with Crippen LogP contribution in [0.3, 0.4) is 0 Å². The van der Waals surface area contributed by atoms with Crippen LogP contribution in [0.4, 0.5) is 0 Å². The lowest BCUT2D eigenvalue weighted by Crippen LogP contribution is -2.59. The summed E-state index contributed by atoms with van der Waals surface area (Å²) in [7, 11) is 0. The van der Waals surface area contributed by atoms with E-state index in [1.54, 1.807) is 0 Å². The van der Waals surface area contributed by atoms with Crippen molar-refractivity contribution < 1.29 is 9.90 Å². The zero-order chi connectivity index (χ0) is 18.1. The smallest absolute Gasteiger partial charge is 0.133 e. The standard InChI is InChI=1S/C23H35NO2/c1-21-5-3-12(25)9-17(21)13-10-14(13)19-16(21)4-6-22(2)20(19)15-11-18(15)23(22,26)7-8-24/h13-20,26H,3-11,24H2,1-2H3/t13?,14?,15?,16?,17?,18?,19?,20?,21-,22+,23+/m1/s1. The fourth-order valence-corrected chi connectivity index (χ4v) is 9.78. The molecule has 0 aromatic carbocycles. The molecule has 6 fully saturated rings. The summed E-state index contributed by atoms with van der Waals surface area (Å²) in [5.41, 5.74) is 5.92. The van der Waals surface area contributed by atoms with E-state index in [-0.39, 0.29) is 5.41 Å². The Morgan fingerprint density at radius 1 is 1.08 bits per heavy atom. The van der Waals surface area contributed by atoms with Gasteiger partial charge in [-0.25, -0.2) is 0 Å². The third-order valence-corrected chi connectivity index (χ3v) is 11.0. The third kappa shape index (κ3) is 1.68. The largest absolute Gasteiger partial charge is 0.389 e. The minimum Gasteiger partial charge on any atom is -0.389 e. The maximum atomic E-state index is 12.2. The Hall–Kier alpha value is -0.410. The number of fused-ring (bicyclic) bond motifs is 10. The fraction of sp³-hybridized carbons (Fsp3) is 0.957. The van der Waals surface area contributed by atoms with E-state index in [4.69, 9.17) is 5.73 Å². The molecule has 0 amide bonds. The van der Waals surface area contributed by atoms with Crippen LogP contribution in [-0.4, -0.2) is 23.0 Å². The first-order chi connectivity index (χ1) is 12.3. The molecule has 0 aromatic heterocycles. The molecule has 8 unspecified atom stereocenters. The summed E-state index contributed by atoms with van der Waals surface area (Å²) in [6, 6.07) is 0. The molecular weight excluding hydrogens is 322 g/mol. The van der Waals surface area contributed by atoms with Gasteiger partial charge in [-0.1, -0.05) is 13.8 Å². The van der Waals surface area contributed by atoms with Gasteiger partial charge in [-0.15, -0.1) is 0 Å². The van der Waals surface area contributed by atoms with Gasteiger partial charge in [0.1, 0.15) is 5.78 Å². The lowest BCUT2D eigenvalue weighted by Gasteiger charge is -2.61. The van der Waals surface area contributed by atoms with Gasteiger partial charge in [-0.05, 0) is 97.8 Å². The van der Waals surface area contributed by atoms with E-state index in [2.05, 4.69) is 13.8 Å². The van der Waals surface area contributed by atoms with Gasteiger partial charge in [0.25, 0.3) is 0 Å². The van der Waals surface area contributed by atoms with Crippen molar-refractivity contribution in [2.45, 2.75) is 70.8 Å². The van der Waals surface area contributed by atoms with E-state index >= 15 is 0 Å². The van der Waals surface area contributed by atoms with Crippen LogP contribution in [0.15, 0.2) is 0 Å².